The van der Waals surface area contributed by atoms with Crippen molar-refractivity contribution in [1.82, 2.24) is 0 Å². The topological polar surface area (TPSA) is 83.8 Å². The molecule has 0 heterocycles. The maximum Gasteiger partial charge on any atom is 0.332 e. The quantitative estimate of drug-likeness (QED) is 0.594. The predicted octanol–water partition coefficient (Wildman–Crippen LogP) is 2.50. The average Bonchev–Trinajstić information content (AvgIpc) is 2.97. The van der Waals surface area contributed by atoms with Gasteiger partial charge in [0.15, 0.2) is 0 Å². The molecule has 3 rings (SSSR count). The van der Waals surface area contributed by atoms with Gasteiger partial charge in [-0.15, -0.1) is 6.58 Å². The molecular formula is C21H32O5. The van der Waals surface area contributed by atoms with Gasteiger partial charge in [0.05, 0.1) is 6.10 Å². The highest BCUT2D eigenvalue weighted by Crippen LogP contribution is 2.69. The average molecular weight is 364 g/mol. The van der Waals surface area contributed by atoms with Crippen LogP contribution in [0.2, 0.25) is 0 Å². The number of Topliss-reactive ketones (excluding diaryl/α,β-unsaturated/α-hetero) is 1. The van der Waals surface area contributed by atoms with Crippen molar-refractivity contribution >= 4 is 11.8 Å². The van der Waals surface area contributed by atoms with Gasteiger partial charge in [-0.3, -0.25) is 4.79 Å². The molecule has 3 saturated carbocycles. The Hall–Kier alpha value is -1.20. The first-order valence-corrected chi connectivity index (χ1v) is 9.74. The molecule has 0 unspecified atom stereocenters. The molecule has 5 nitrogen and oxygen atoms in total. The zero-order valence-electron chi connectivity index (χ0n) is 16.3. The Morgan fingerprint density at radius 2 is 2.00 bits per heavy atom. The van der Waals surface area contributed by atoms with Gasteiger partial charge >= 0.3 is 5.97 Å². The van der Waals surface area contributed by atoms with Crippen molar-refractivity contribution in [1.29, 1.82) is 0 Å². The van der Waals surface area contributed by atoms with Crippen molar-refractivity contribution < 1.29 is 24.5 Å². The van der Waals surface area contributed by atoms with Crippen molar-refractivity contribution in [2.24, 2.45) is 34.0 Å². The van der Waals surface area contributed by atoms with E-state index >= 15 is 0 Å². The number of aliphatic hydroxyl groups is 2. The third-order valence-corrected chi connectivity index (χ3v) is 8.43. The summed E-state index contributed by atoms with van der Waals surface area (Å²) in [6.07, 6.45) is 3.33. The van der Waals surface area contributed by atoms with Gasteiger partial charge in [0.25, 0.3) is 0 Å². The SMILES string of the molecule is C=C[C@@]1(C)[C@@H](O)[C@H](C)[C@]23CCC(=O)[C@@H]2[C@@](C)([C@H](C)CC3)[C@H]1OC(=O)CO. The summed E-state index contributed by atoms with van der Waals surface area (Å²) >= 11 is 0. The molecule has 0 saturated heterocycles. The van der Waals surface area contributed by atoms with Gasteiger partial charge in [-0.25, -0.2) is 4.79 Å². The lowest BCUT2D eigenvalue weighted by Crippen LogP contribution is -2.58. The molecule has 2 N–H and O–H groups in total. The molecule has 0 amide bonds. The van der Waals surface area contributed by atoms with Gasteiger partial charge in [-0.05, 0) is 36.5 Å². The summed E-state index contributed by atoms with van der Waals surface area (Å²) in [4.78, 5) is 25.2. The second-order valence-electron chi connectivity index (χ2n) is 9.27. The Morgan fingerprint density at radius 3 is 2.58 bits per heavy atom. The van der Waals surface area contributed by atoms with Gasteiger partial charge in [0.1, 0.15) is 18.5 Å². The number of carbonyl (C=O) groups is 2. The van der Waals surface area contributed by atoms with Crippen molar-refractivity contribution in [2.75, 3.05) is 6.61 Å². The van der Waals surface area contributed by atoms with Crippen LogP contribution >= 0.6 is 0 Å². The van der Waals surface area contributed by atoms with Crippen LogP contribution in [0.5, 0.6) is 0 Å². The Bertz CT molecular complexity index is 630. The first-order chi connectivity index (χ1) is 12.1. The van der Waals surface area contributed by atoms with Crippen LogP contribution in [0, 0.1) is 34.0 Å². The van der Waals surface area contributed by atoms with Crippen LogP contribution < -0.4 is 0 Å². The molecule has 0 aromatic carbocycles. The van der Waals surface area contributed by atoms with Crippen molar-refractivity contribution in [3.63, 3.8) is 0 Å². The molecule has 5 heteroatoms. The number of ether oxygens (including phenoxy) is 1. The van der Waals surface area contributed by atoms with Crippen LogP contribution in [-0.2, 0) is 14.3 Å². The molecule has 0 spiro atoms. The minimum Gasteiger partial charge on any atom is -0.459 e. The number of carbonyl (C=O) groups excluding carboxylic acids is 2. The van der Waals surface area contributed by atoms with E-state index in [0.717, 1.165) is 19.3 Å². The number of ketones is 1. The molecule has 3 fully saturated rings. The lowest BCUT2D eigenvalue weighted by molar-refractivity contribution is -0.189. The smallest absolute Gasteiger partial charge is 0.332 e. The molecule has 2 bridgehead atoms. The van der Waals surface area contributed by atoms with E-state index in [0.29, 0.717) is 6.42 Å². The molecule has 0 aliphatic heterocycles. The Balaban J connectivity index is 2.27. The van der Waals surface area contributed by atoms with E-state index in [-0.39, 0.29) is 29.0 Å². The highest BCUT2D eigenvalue weighted by Gasteiger charge is 2.71. The fourth-order valence-electron chi connectivity index (χ4n) is 6.74. The summed E-state index contributed by atoms with van der Waals surface area (Å²) in [5.41, 5.74) is -1.76. The van der Waals surface area contributed by atoms with Gasteiger partial charge in [-0.1, -0.05) is 33.8 Å². The predicted molar refractivity (Wildman–Crippen MR) is 97.1 cm³/mol. The number of rotatable bonds is 3. The summed E-state index contributed by atoms with van der Waals surface area (Å²) in [5, 5.41) is 20.7. The van der Waals surface area contributed by atoms with Crippen molar-refractivity contribution in [2.45, 2.75) is 65.6 Å². The van der Waals surface area contributed by atoms with E-state index in [1.54, 1.807) is 6.08 Å². The largest absolute Gasteiger partial charge is 0.459 e. The van der Waals surface area contributed by atoms with Crippen LogP contribution in [0.15, 0.2) is 12.7 Å². The zero-order chi connectivity index (χ0) is 19.5. The van der Waals surface area contributed by atoms with Crippen molar-refractivity contribution in [3.8, 4) is 0 Å². The van der Waals surface area contributed by atoms with Gasteiger partial charge in [0, 0.05) is 23.2 Å². The number of hydrogen-bond acceptors (Lipinski definition) is 5. The van der Waals surface area contributed by atoms with E-state index in [1.165, 1.54) is 0 Å². The zero-order valence-corrected chi connectivity index (χ0v) is 16.3. The minimum atomic E-state index is -0.894. The van der Waals surface area contributed by atoms with Crippen molar-refractivity contribution in [3.05, 3.63) is 12.7 Å². The second-order valence-corrected chi connectivity index (χ2v) is 9.27. The molecule has 26 heavy (non-hydrogen) atoms. The number of hydrogen-bond donors (Lipinski definition) is 2. The second kappa shape index (κ2) is 6.16. The lowest BCUT2D eigenvalue weighted by Gasteiger charge is -2.56. The molecule has 8 atom stereocenters. The van der Waals surface area contributed by atoms with Crippen LogP contribution in [0.1, 0.15) is 53.4 Å². The molecule has 0 aromatic rings. The summed E-state index contributed by atoms with van der Waals surface area (Å²) in [6.45, 7) is 11.3. The van der Waals surface area contributed by atoms with E-state index in [2.05, 4.69) is 13.5 Å². The highest BCUT2D eigenvalue weighted by molar-refractivity contribution is 5.86. The third kappa shape index (κ3) is 2.22. The standard InChI is InChI=1S/C21H32O5/c1-6-19(4)17(25)13(3)21-9-7-12(2)20(5,16(21)14(23)8-10-21)18(19)26-15(24)11-22/h6,12-13,16-18,22,25H,1,7-11H2,2-5H3/t12-,13+,16-,17+,18+,19+,20-,21+/m1/s1. The first kappa shape index (κ1) is 19.6. The van der Waals surface area contributed by atoms with Gasteiger partial charge in [0.2, 0.25) is 0 Å². The molecule has 0 aromatic heterocycles. The maximum absolute atomic E-state index is 13.1. The van der Waals surface area contributed by atoms with E-state index in [1.807, 2.05) is 20.8 Å². The molecule has 3 aliphatic carbocycles. The van der Waals surface area contributed by atoms with Gasteiger partial charge < -0.3 is 14.9 Å². The number of esters is 1. The summed E-state index contributed by atoms with van der Waals surface area (Å²) in [5.74, 6) is -0.708. The highest BCUT2D eigenvalue weighted by atomic mass is 16.6. The minimum absolute atomic E-state index is 0.105. The monoisotopic (exact) mass is 364 g/mol. The molecule has 3 aliphatic rings. The normalized spacial score (nSPS) is 50.7. The Kier molecular flexibility index (Phi) is 4.64. The Labute approximate surface area is 155 Å². The fraction of sp³-hybridized carbons (Fsp3) is 0.810. The van der Waals surface area contributed by atoms with Crippen LogP contribution in [0.4, 0.5) is 0 Å². The maximum atomic E-state index is 13.1. The lowest BCUT2D eigenvalue weighted by atomic mass is 9.49. The number of aliphatic hydroxyl groups excluding tert-OH is 2. The fourth-order valence-corrected chi connectivity index (χ4v) is 6.74. The first-order valence-electron chi connectivity index (χ1n) is 9.74. The van der Waals surface area contributed by atoms with Crippen LogP contribution in [0.3, 0.4) is 0 Å². The molecular weight excluding hydrogens is 332 g/mol. The Morgan fingerprint density at radius 1 is 1.35 bits per heavy atom. The summed E-state index contributed by atoms with van der Waals surface area (Å²) in [7, 11) is 0. The summed E-state index contributed by atoms with van der Waals surface area (Å²) in [6, 6.07) is 0. The van der Waals surface area contributed by atoms with Crippen LogP contribution in [0.25, 0.3) is 0 Å². The van der Waals surface area contributed by atoms with E-state index in [9.17, 15) is 19.8 Å². The van der Waals surface area contributed by atoms with E-state index < -0.39 is 35.6 Å². The van der Waals surface area contributed by atoms with Gasteiger partial charge in [-0.2, -0.15) is 0 Å². The summed E-state index contributed by atoms with van der Waals surface area (Å²) < 4.78 is 5.79. The van der Waals surface area contributed by atoms with Crippen LogP contribution in [-0.4, -0.2) is 40.8 Å². The third-order valence-electron chi connectivity index (χ3n) is 8.43. The molecule has 146 valence electrons. The van der Waals surface area contributed by atoms with E-state index in [4.69, 9.17) is 4.74 Å². The molecule has 0 radical (unpaired) electrons.